The fraction of sp³-hybridized carbons (Fsp3) is 0.929. The van der Waals surface area contributed by atoms with Crippen LogP contribution >= 0.6 is 0 Å². The van der Waals surface area contributed by atoms with Crippen molar-refractivity contribution in [1.29, 1.82) is 0 Å². The number of carbonyl (C=O) groups excluding carboxylic acids is 1. The van der Waals surface area contributed by atoms with Crippen molar-refractivity contribution in [3.8, 4) is 0 Å². The Morgan fingerprint density at radius 1 is 1.28 bits per heavy atom. The first kappa shape index (κ1) is 15.4. The molecule has 0 saturated carbocycles. The van der Waals surface area contributed by atoms with Crippen molar-refractivity contribution in [3.63, 3.8) is 0 Å². The van der Waals surface area contributed by atoms with E-state index in [4.69, 9.17) is 4.74 Å². The Kier molecular flexibility index (Phi) is 5.60. The number of hydrogen-bond acceptors (Lipinski definition) is 4. The topological polar surface area (TPSA) is 32.8 Å². The predicted molar refractivity (Wildman–Crippen MR) is 73.6 cm³/mol. The van der Waals surface area contributed by atoms with Crippen LogP contribution in [0.4, 0.5) is 0 Å². The highest BCUT2D eigenvalue weighted by Gasteiger charge is 2.22. The fourth-order valence-electron chi connectivity index (χ4n) is 2.30. The molecule has 1 aliphatic rings. The van der Waals surface area contributed by atoms with Crippen LogP contribution in [-0.2, 0) is 9.53 Å². The van der Waals surface area contributed by atoms with Gasteiger partial charge < -0.3 is 14.5 Å². The number of rotatable bonds is 4. The predicted octanol–water partition coefficient (Wildman–Crippen LogP) is 1.74. The second-order valence-corrected chi connectivity index (χ2v) is 6.37. The first-order valence-corrected chi connectivity index (χ1v) is 6.88. The van der Waals surface area contributed by atoms with Gasteiger partial charge in [-0.15, -0.1) is 0 Å². The monoisotopic (exact) mass is 256 g/mol. The average Bonchev–Trinajstić information content (AvgIpc) is 2.24. The number of carbonyl (C=O) groups is 1. The summed E-state index contributed by atoms with van der Waals surface area (Å²) in [4.78, 5) is 16.3. The van der Waals surface area contributed by atoms with Crippen molar-refractivity contribution in [2.24, 2.45) is 0 Å². The fourth-order valence-corrected chi connectivity index (χ4v) is 2.30. The molecule has 4 nitrogen and oxygen atoms in total. The zero-order valence-electron chi connectivity index (χ0n) is 12.5. The zero-order valence-corrected chi connectivity index (χ0v) is 12.5. The van der Waals surface area contributed by atoms with Gasteiger partial charge in [0.2, 0.25) is 0 Å². The lowest BCUT2D eigenvalue weighted by molar-refractivity contribution is -0.155. The number of hydrogen-bond donors (Lipinski definition) is 0. The van der Waals surface area contributed by atoms with E-state index in [9.17, 15) is 4.79 Å². The van der Waals surface area contributed by atoms with E-state index >= 15 is 0 Å². The molecule has 0 N–H and O–H groups in total. The summed E-state index contributed by atoms with van der Waals surface area (Å²) in [5, 5.41) is 0. The molecule has 0 aliphatic carbocycles. The third kappa shape index (κ3) is 5.83. The van der Waals surface area contributed by atoms with E-state index in [2.05, 4.69) is 23.9 Å². The molecule has 0 bridgehead atoms. The van der Waals surface area contributed by atoms with Gasteiger partial charge in [0.25, 0.3) is 0 Å². The Morgan fingerprint density at radius 2 is 1.83 bits per heavy atom. The second-order valence-electron chi connectivity index (χ2n) is 6.37. The number of likely N-dealkylation sites (tertiary alicyclic amines) is 1. The zero-order chi connectivity index (χ0) is 13.8. The minimum absolute atomic E-state index is 0.0859. The van der Waals surface area contributed by atoms with E-state index in [0.717, 1.165) is 19.6 Å². The van der Waals surface area contributed by atoms with Crippen molar-refractivity contribution < 1.29 is 9.53 Å². The Labute approximate surface area is 111 Å². The summed E-state index contributed by atoms with van der Waals surface area (Å²) in [6.45, 7) is 8.74. The maximum atomic E-state index is 11.6. The highest BCUT2D eigenvalue weighted by molar-refractivity contribution is 5.70. The van der Waals surface area contributed by atoms with Gasteiger partial charge >= 0.3 is 5.97 Å². The molecule has 0 amide bonds. The molecule has 0 aromatic rings. The Bertz CT molecular complexity index is 263. The summed E-state index contributed by atoms with van der Waals surface area (Å²) < 4.78 is 5.31. The maximum Gasteiger partial charge on any atom is 0.307 e. The summed E-state index contributed by atoms with van der Waals surface area (Å²) in [7, 11) is 4.28. The van der Waals surface area contributed by atoms with E-state index in [0.29, 0.717) is 12.5 Å². The molecule has 1 heterocycles. The molecule has 0 spiro atoms. The van der Waals surface area contributed by atoms with E-state index in [-0.39, 0.29) is 11.6 Å². The molecule has 0 aromatic heterocycles. The van der Waals surface area contributed by atoms with Crippen LogP contribution in [0, 0.1) is 0 Å². The molecule has 0 radical (unpaired) electrons. The summed E-state index contributed by atoms with van der Waals surface area (Å²) in [5.41, 5.74) is -0.366. The average molecular weight is 256 g/mol. The summed E-state index contributed by atoms with van der Waals surface area (Å²) >= 11 is 0. The van der Waals surface area contributed by atoms with Gasteiger partial charge in [-0.25, -0.2) is 0 Å². The normalized spacial score (nSPS) is 19.2. The number of piperidine rings is 1. The maximum absolute atomic E-state index is 11.6. The molecule has 1 saturated heterocycles. The third-order valence-corrected chi connectivity index (χ3v) is 3.34. The molecule has 18 heavy (non-hydrogen) atoms. The van der Waals surface area contributed by atoms with E-state index in [1.165, 1.54) is 12.8 Å². The lowest BCUT2D eigenvalue weighted by atomic mass is 10.0. The van der Waals surface area contributed by atoms with Gasteiger partial charge in [0, 0.05) is 12.6 Å². The molecule has 0 unspecified atom stereocenters. The SMILES string of the molecule is CN(C)C1CCN(CCC(=O)OC(C)(C)C)CC1. The molecular formula is C14H28N2O2. The molecule has 0 aromatic carbocycles. The minimum atomic E-state index is -0.366. The smallest absolute Gasteiger partial charge is 0.307 e. The largest absolute Gasteiger partial charge is 0.460 e. The van der Waals surface area contributed by atoms with Crippen molar-refractivity contribution in [3.05, 3.63) is 0 Å². The van der Waals surface area contributed by atoms with Crippen molar-refractivity contribution in [1.82, 2.24) is 9.80 Å². The minimum Gasteiger partial charge on any atom is -0.460 e. The van der Waals surface area contributed by atoms with Crippen LogP contribution < -0.4 is 0 Å². The van der Waals surface area contributed by atoms with Crippen LogP contribution in [0.2, 0.25) is 0 Å². The highest BCUT2D eigenvalue weighted by atomic mass is 16.6. The Hall–Kier alpha value is -0.610. The van der Waals surface area contributed by atoms with Gasteiger partial charge in [-0.05, 0) is 60.8 Å². The molecule has 1 fully saturated rings. The first-order valence-electron chi connectivity index (χ1n) is 6.88. The van der Waals surface area contributed by atoms with Gasteiger partial charge in [0.1, 0.15) is 5.60 Å². The van der Waals surface area contributed by atoms with Crippen LogP contribution in [0.3, 0.4) is 0 Å². The Morgan fingerprint density at radius 3 is 2.28 bits per heavy atom. The summed E-state index contributed by atoms with van der Waals surface area (Å²) in [6.07, 6.45) is 2.90. The van der Waals surface area contributed by atoms with Crippen LogP contribution in [0.5, 0.6) is 0 Å². The molecular weight excluding hydrogens is 228 g/mol. The van der Waals surface area contributed by atoms with Crippen molar-refractivity contribution in [2.45, 2.75) is 51.7 Å². The molecule has 4 heteroatoms. The molecule has 106 valence electrons. The van der Waals surface area contributed by atoms with Gasteiger partial charge in [-0.2, -0.15) is 0 Å². The van der Waals surface area contributed by atoms with Crippen molar-refractivity contribution in [2.75, 3.05) is 33.7 Å². The van der Waals surface area contributed by atoms with Crippen LogP contribution in [0.25, 0.3) is 0 Å². The summed E-state index contributed by atoms with van der Waals surface area (Å²) in [6, 6.07) is 0.697. The second kappa shape index (κ2) is 6.53. The van der Waals surface area contributed by atoms with Gasteiger partial charge in [-0.1, -0.05) is 0 Å². The van der Waals surface area contributed by atoms with E-state index in [1.807, 2.05) is 20.8 Å². The summed E-state index contributed by atoms with van der Waals surface area (Å²) in [5.74, 6) is -0.0859. The first-order chi connectivity index (χ1) is 8.28. The third-order valence-electron chi connectivity index (χ3n) is 3.34. The van der Waals surface area contributed by atoms with E-state index < -0.39 is 0 Å². The van der Waals surface area contributed by atoms with Crippen LogP contribution in [0.15, 0.2) is 0 Å². The van der Waals surface area contributed by atoms with Gasteiger partial charge in [-0.3, -0.25) is 4.79 Å². The van der Waals surface area contributed by atoms with Gasteiger partial charge in [0.05, 0.1) is 6.42 Å². The number of esters is 1. The Balaban J connectivity index is 2.20. The van der Waals surface area contributed by atoms with Crippen molar-refractivity contribution >= 4 is 5.97 Å². The number of ether oxygens (including phenoxy) is 1. The van der Waals surface area contributed by atoms with Crippen LogP contribution in [0.1, 0.15) is 40.0 Å². The molecule has 0 atom stereocenters. The highest BCUT2D eigenvalue weighted by Crippen LogP contribution is 2.15. The lowest BCUT2D eigenvalue weighted by Crippen LogP contribution is -2.42. The lowest BCUT2D eigenvalue weighted by Gasteiger charge is -2.35. The molecule has 1 rings (SSSR count). The standard InChI is InChI=1S/C14H28N2O2/c1-14(2,3)18-13(17)8-11-16-9-6-12(7-10-16)15(4)5/h12H,6-11H2,1-5H3. The van der Waals surface area contributed by atoms with Crippen LogP contribution in [-0.4, -0.2) is 61.1 Å². The quantitative estimate of drug-likeness (QED) is 0.717. The van der Waals surface area contributed by atoms with Gasteiger partial charge in [0.15, 0.2) is 0 Å². The van der Waals surface area contributed by atoms with E-state index in [1.54, 1.807) is 0 Å². The molecule has 1 aliphatic heterocycles. The number of nitrogens with zero attached hydrogens (tertiary/aromatic N) is 2.